The molecule has 0 spiro atoms. The molecule has 0 saturated heterocycles. The molecular weight excluding hydrogens is 380 g/mol. The summed E-state index contributed by atoms with van der Waals surface area (Å²) in [6.07, 6.45) is 2.83. The van der Waals surface area contributed by atoms with Crippen LogP contribution in [-0.4, -0.2) is 11.8 Å². The van der Waals surface area contributed by atoms with E-state index < -0.39 is 0 Å². The van der Waals surface area contributed by atoms with Gasteiger partial charge >= 0.3 is 0 Å². The first-order valence-electron chi connectivity index (χ1n) is 9.15. The van der Waals surface area contributed by atoms with Gasteiger partial charge in [0.15, 0.2) is 0 Å². The standard InChI is InChI=1S/C21H25ClN2O2S/c1-12(25)23-20-18(19(26)24-16-8-6-5-7-15(16)22)14-10-9-13(21(2,3)4)11-17(14)27-20/h5-8,13H,9-11H2,1-4H3,(H,23,25)(H,24,26)/t13-/m0/s1. The van der Waals surface area contributed by atoms with Crippen LogP contribution in [0, 0.1) is 11.3 Å². The Morgan fingerprint density at radius 3 is 2.52 bits per heavy atom. The topological polar surface area (TPSA) is 58.2 Å². The molecule has 1 aromatic heterocycles. The third kappa shape index (κ3) is 4.36. The van der Waals surface area contributed by atoms with Gasteiger partial charge in [0.1, 0.15) is 5.00 Å². The van der Waals surface area contributed by atoms with Crippen LogP contribution in [0.3, 0.4) is 0 Å². The fourth-order valence-electron chi connectivity index (χ4n) is 3.56. The van der Waals surface area contributed by atoms with Gasteiger partial charge in [-0.1, -0.05) is 44.5 Å². The largest absolute Gasteiger partial charge is 0.321 e. The van der Waals surface area contributed by atoms with Crippen molar-refractivity contribution in [1.82, 2.24) is 0 Å². The minimum Gasteiger partial charge on any atom is -0.321 e. The van der Waals surface area contributed by atoms with Crippen LogP contribution in [0.25, 0.3) is 0 Å². The minimum atomic E-state index is -0.224. The number of halogens is 1. The molecular formula is C21H25ClN2O2S. The van der Waals surface area contributed by atoms with E-state index in [4.69, 9.17) is 11.6 Å². The Kier molecular flexibility index (Phi) is 5.63. The third-order valence-electron chi connectivity index (χ3n) is 5.13. The van der Waals surface area contributed by atoms with Crippen molar-refractivity contribution in [2.75, 3.05) is 10.6 Å². The summed E-state index contributed by atoms with van der Waals surface area (Å²) in [6, 6.07) is 7.16. The van der Waals surface area contributed by atoms with Crippen molar-refractivity contribution in [1.29, 1.82) is 0 Å². The van der Waals surface area contributed by atoms with Crippen molar-refractivity contribution in [3.63, 3.8) is 0 Å². The summed E-state index contributed by atoms with van der Waals surface area (Å²) in [5.41, 5.74) is 2.43. The monoisotopic (exact) mass is 404 g/mol. The summed E-state index contributed by atoms with van der Waals surface area (Å²) in [4.78, 5) is 25.9. The van der Waals surface area contributed by atoms with Crippen molar-refractivity contribution < 1.29 is 9.59 Å². The molecule has 0 fully saturated rings. The van der Waals surface area contributed by atoms with E-state index in [0.29, 0.717) is 27.2 Å². The number of nitrogens with one attached hydrogen (secondary N) is 2. The lowest BCUT2D eigenvalue weighted by Gasteiger charge is -2.33. The molecule has 2 aromatic rings. The summed E-state index contributed by atoms with van der Waals surface area (Å²) in [7, 11) is 0. The zero-order valence-corrected chi connectivity index (χ0v) is 17.7. The molecule has 1 aromatic carbocycles. The molecule has 0 bridgehead atoms. The van der Waals surface area contributed by atoms with Crippen LogP contribution in [-0.2, 0) is 17.6 Å². The Morgan fingerprint density at radius 1 is 1.19 bits per heavy atom. The van der Waals surface area contributed by atoms with Crippen LogP contribution in [0.5, 0.6) is 0 Å². The Bertz CT molecular complexity index is 883. The maximum Gasteiger partial charge on any atom is 0.258 e. The van der Waals surface area contributed by atoms with E-state index in [9.17, 15) is 9.59 Å². The zero-order valence-electron chi connectivity index (χ0n) is 16.1. The number of para-hydroxylation sites is 1. The smallest absolute Gasteiger partial charge is 0.258 e. The van der Waals surface area contributed by atoms with Crippen molar-refractivity contribution in [3.8, 4) is 0 Å². The Morgan fingerprint density at radius 2 is 1.89 bits per heavy atom. The summed E-state index contributed by atoms with van der Waals surface area (Å²) in [5, 5.41) is 6.87. The van der Waals surface area contributed by atoms with Gasteiger partial charge in [-0.25, -0.2) is 0 Å². The Hall–Kier alpha value is -1.85. The molecule has 1 aliphatic carbocycles. The molecule has 0 radical (unpaired) electrons. The first-order valence-corrected chi connectivity index (χ1v) is 10.3. The van der Waals surface area contributed by atoms with Gasteiger partial charge in [0.25, 0.3) is 5.91 Å². The van der Waals surface area contributed by atoms with E-state index in [1.165, 1.54) is 23.1 Å². The van der Waals surface area contributed by atoms with E-state index in [1.807, 2.05) is 12.1 Å². The molecule has 2 N–H and O–H groups in total. The maximum atomic E-state index is 13.1. The SMILES string of the molecule is CC(=O)Nc1sc2c(c1C(=O)Nc1ccccc1Cl)CC[C@H](C(C)(C)C)C2. The number of hydrogen-bond donors (Lipinski definition) is 2. The summed E-state index contributed by atoms with van der Waals surface area (Å²) >= 11 is 7.71. The molecule has 0 aliphatic heterocycles. The van der Waals surface area contributed by atoms with Crippen LogP contribution < -0.4 is 10.6 Å². The number of thiophene rings is 1. The number of rotatable bonds is 3. The van der Waals surface area contributed by atoms with Gasteiger partial charge in [0, 0.05) is 11.8 Å². The first-order chi connectivity index (χ1) is 12.7. The highest BCUT2D eigenvalue weighted by atomic mass is 35.5. The number of benzene rings is 1. The first kappa shape index (κ1) is 19.9. The molecule has 3 rings (SSSR count). The fourth-order valence-corrected chi connectivity index (χ4v) is 5.11. The van der Waals surface area contributed by atoms with E-state index in [-0.39, 0.29) is 17.2 Å². The average Bonchev–Trinajstić information content (AvgIpc) is 2.92. The van der Waals surface area contributed by atoms with Crippen LogP contribution in [0.4, 0.5) is 10.7 Å². The highest BCUT2D eigenvalue weighted by Crippen LogP contribution is 2.44. The third-order valence-corrected chi connectivity index (χ3v) is 6.63. The zero-order chi connectivity index (χ0) is 19.8. The molecule has 2 amide bonds. The molecule has 1 atom stereocenters. The number of amides is 2. The molecule has 6 heteroatoms. The lowest BCUT2D eigenvalue weighted by Crippen LogP contribution is -2.27. The van der Waals surface area contributed by atoms with Gasteiger partial charge in [-0.2, -0.15) is 0 Å². The van der Waals surface area contributed by atoms with E-state index in [2.05, 4.69) is 31.4 Å². The molecule has 1 heterocycles. The van der Waals surface area contributed by atoms with Gasteiger partial charge in [0.05, 0.1) is 16.3 Å². The summed E-state index contributed by atoms with van der Waals surface area (Å²) in [5.74, 6) is 0.166. The minimum absolute atomic E-state index is 0.173. The van der Waals surface area contributed by atoms with Gasteiger partial charge in [-0.3, -0.25) is 9.59 Å². The van der Waals surface area contributed by atoms with Gasteiger partial charge < -0.3 is 10.6 Å². The molecule has 27 heavy (non-hydrogen) atoms. The van der Waals surface area contributed by atoms with Crippen LogP contribution in [0.1, 0.15) is 54.9 Å². The second-order valence-electron chi connectivity index (χ2n) is 8.13. The van der Waals surface area contributed by atoms with Crippen molar-refractivity contribution in [2.45, 2.75) is 47.0 Å². The quantitative estimate of drug-likeness (QED) is 0.682. The van der Waals surface area contributed by atoms with Crippen LogP contribution in [0.15, 0.2) is 24.3 Å². The number of anilines is 2. The maximum absolute atomic E-state index is 13.1. The predicted molar refractivity (Wildman–Crippen MR) is 113 cm³/mol. The van der Waals surface area contributed by atoms with Gasteiger partial charge in [-0.15, -0.1) is 11.3 Å². The molecule has 4 nitrogen and oxygen atoms in total. The lowest BCUT2D eigenvalue weighted by atomic mass is 9.72. The number of carbonyl (C=O) groups excluding carboxylic acids is 2. The summed E-state index contributed by atoms with van der Waals surface area (Å²) in [6.45, 7) is 8.24. The van der Waals surface area contributed by atoms with E-state index >= 15 is 0 Å². The van der Waals surface area contributed by atoms with Crippen LogP contribution in [0.2, 0.25) is 5.02 Å². The summed E-state index contributed by atoms with van der Waals surface area (Å²) < 4.78 is 0. The van der Waals surface area contributed by atoms with Gasteiger partial charge in [0.2, 0.25) is 5.91 Å². The second-order valence-corrected chi connectivity index (χ2v) is 9.64. The predicted octanol–water partition coefficient (Wildman–Crippen LogP) is 5.76. The Balaban J connectivity index is 1.96. The van der Waals surface area contributed by atoms with Crippen LogP contribution >= 0.6 is 22.9 Å². The van der Waals surface area contributed by atoms with Crippen molar-refractivity contribution in [2.24, 2.45) is 11.3 Å². The Labute approximate surface area is 169 Å². The highest BCUT2D eigenvalue weighted by Gasteiger charge is 2.34. The molecule has 0 saturated carbocycles. The second kappa shape index (κ2) is 7.64. The fraction of sp³-hybridized carbons (Fsp3) is 0.429. The number of fused-ring (bicyclic) bond motifs is 1. The molecule has 0 unspecified atom stereocenters. The number of hydrogen-bond acceptors (Lipinski definition) is 3. The average molecular weight is 405 g/mol. The normalized spacial score (nSPS) is 16.6. The van der Waals surface area contributed by atoms with E-state index in [0.717, 1.165) is 24.8 Å². The number of carbonyl (C=O) groups is 2. The highest BCUT2D eigenvalue weighted by molar-refractivity contribution is 7.17. The van der Waals surface area contributed by atoms with Gasteiger partial charge in [-0.05, 0) is 48.3 Å². The van der Waals surface area contributed by atoms with Crippen molar-refractivity contribution >= 4 is 45.4 Å². The van der Waals surface area contributed by atoms with Crippen molar-refractivity contribution in [3.05, 3.63) is 45.3 Å². The van der Waals surface area contributed by atoms with E-state index in [1.54, 1.807) is 12.1 Å². The molecule has 144 valence electrons. The lowest BCUT2D eigenvalue weighted by molar-refractivity contribution is -0.114. The molecule has 1 aliphatic rings.